The van der Waals surface area contributed by atoms with Crippen LogP contribution in [0.2, 0.25) is 0 Å². The SMILES string of the molecule is CNC1CCC(S(=O)(=O)CC(=O)N(C)C)C1C. The molecule has 0 aromatic heterocycles. The molecule has 17 heavy (non-hydrogen) atoms. The van der Waals surface area contributed by atoms with Crippen LogP contribution >= 0.6 is 0 Å². The van der Waals surface area contributed by atoms with E-state index in [2.05, 4.69) is 5.32 Å². The van der Waals surface area contributed by atoms with Gasteiger partial charge in [-0.15, -0.1) is 0 Å². The highest BCUT2D eigenvalue weighted by atomic mass is 32.2. The Hall–Kier alpha value is -0.620. The molecule has 0 bridgehead atoms. The predicted molar refractivity (Wildman–Crippen MR) is 67.5 cm³/mol. The first-order valence-corrected chi connectivity index (χ1v) is 7.60. The average Bonchev–Trinajstić information content (AvgIpc) is 2.59. The van der Waals surface area contributed by atoms with Gasteiger partial charge in [0.2, 0.25) is 5.91 Å². The molecular weight excluding hydrogens is 240 g/mol. The second kappa shape index (κ2) is 5.35. The van der Waals surface area contributed by atoms with E-state index in [0.717, 1.165) is 6.42 Å². The van der Waals surface area contributed by atoms with Crippen LogP contribution in [-0.4, -0.2) is 57.4 Å². The molecule has 1 fully saturated rings. The van der Waals surface area contributed by atoms with Gasteiger partial charge in [0.1, 0.15) is 5.75 Å². The van der Waals surface area contributed by atoms with Crippen molar-refractivity contribution in [2.24, 2.45) is 5.92 Å². The highest BCUT2D eigenvalue weighted by Gasteiger charge is 2.40. The highest BCUT2D eigenvalue weighted by molar-refractivity contribution is 7.92. The fourth-order valence-corrected chi connectivity index (χ4v) is 4.61. The minimum Gasteiger partial charge on any atom is -0.348 e. The van der Waals surface area contributed by atoms with Crippen LogP contribution in [0.5, 0.6) is 0 Å². The van der Waals surface area contributed by atoms with Crippen LogP contribution in [0, 0.1) is 5.92 Å². The Kier molecular flexibility index (Phi) is 4.55. The van der Waals surface area contributed by atoms with Crippen molar-refractivity contribution in [2.75, 3.05) is 26.9 Å². The monoisotopic (exact) mass is 262 g/mol. The molecule has 0 heterocycles. The summed E-state index contributed by atoms with van der Waals surface area (Å²) in [7, 11) is 1.67. The van der Waals surface area contributed by atoms with Crippen LogP contribution in [0.4, 0.5) is 0 Å². The number of hydrogen-bond acceptors (Lipinski definition) is 4. The van der Waals surface area contributed by atoms with E-state index in [-0.39, 0.29) is 28.9 Å². The largest absolute Gasteiger partial charge is 0.348 e. The maximum absolute atomic E-state index is 12.1. The molecule has 3 unspecified atom stereocenters. The van der Waals surface area contributed by atoms with Gasteiger partial charge >= 0.3 is 0 Å². The fourth-order valence-electron chi connectivity index (χ4n) is 2.45. The van der Waals surface area contributed by atoms with Crippen molar-refractivity contribution >= 4 is 15.7 Å². The second-order valence-electron chi connectivity index (χ2n) is 4.97. The lowest BCUT2D eigenvalue weighted by Gasteiger charge is -2.21. The fraction of sp³-hybridized carbons (Fsp3) is 0.909. The lowest BCUT2D eigenvalue weighted by molar-refractivity contribution is -0.125. The molecule has 1 rings (SSSR count). The van der Waals surface area contributed by atoms with E-state index >= 15 is 0 Å². The molecule has 1 N–H and O–H groups in total. The standard InChI is InChI=1S/C11H22N2O3S/c1-8-9(12-2)5-6-10(8)17(15,16)7-11(14)13(3)4/h8-10,12H,5-7H2,1-4H3. The topological polar surface area (TPSA) is 66.5 Å². The second-order valence-corrected chi connectivity index (χ2v) is 7.19. The van der Waals surface area contributed by atoms with Gasteiger partial charge in [0.25, 0.3) is 0 Å². The zero-order valence-corrected chi connectivity index (χ0v) is 11.8. The maximum Gasteiger partial charge on any atom is 0.237 e. The number of nitrogens with zero attached hydrogens (tertiary/aromatic N) is 1. The van der Waals surface area contributed by atoms with E-state index in [0.29, 0.717) is 6.42 Å². The van der Waals surface area contributed by atoms with Gasteiger partial charge in [-0.2, -0.15) is 0 Å². The summed E-state index contributed by atoms with van der Waals surface area (Å²) in [6, 6.07) is 0.240. The third-order valence-corrected chi connectivity index (χ3v) is 5.88. The Morgan fingerprint density at radius 1 is 1.35 bits per heavy atom. The highest BCUT2D eigenvalue weighted by Crippen LogP contribution is 2.31. The van der Waals surface area contributed by atoms with E-state index in [9.17, 15) is 13.2 Å². The van der Waals surface area contributed by atoms with Gasteiger partial charge in [0, 0.05) is 20.1 Å². The predicted octanol–water partition coefficient (Wildman–Crippen LogP) is -0.124. The van der Waals surface area contributed by atoms with Crippen molar-refractivity contribution in [3.63, 3.8) is 0 Å². The molecule has 0 saturated heterocycles. The van der Waals surface area contributed by atoms with Gasteiger partial charge in [0.15, 0.2) is 9.84 Å². The Morgan fingerprint density at radius 3 is 2.35 bits per heavy atom. The lowest BCUT2D eigenvalue weighted by atomic mass is 10.1. The molecule has 6 heteroatoms. The minimum absolute atomic E-state index is 0.0694. The maximum atomic E-state index is 12.1. The normalized spacial score (nSPS) is 29.3. The van der Waals surface area contributed by atoms with Crippen LogP contribution in [0.1, 0.15) is 19.8 Å². The minimum atomic E-state index is -3.33. The molecule has 0 spiro atoms. The van der Waals surface area contributed by atoms with Crippen LogP contribution in [-0.2, 0) is 14.6 Å². The van der Waals surface area contributed by atoms with Crippen molar-refractivity contribution in [2.45, 2.75) is 31.1 Å². The summed E-state index contributed by atoms with van der Waals surface area (Å²) in [5, 5.41) is 2.75. The zero-order valence-electron chi connectivity index (χ0n) is 10.9. The molecule has 0 aromatic carbocycles. The van der Waals surface area contributed by atoms with Crippen molar-refractivity contribution in [1.29, 1.82) is 0 Å². The molecule has 1 amide bonds. The molecule has 0 radical (unpaired) electrons. The number of sulfone groups is 1. The van der Waals surface area contributed by atoms with Crippen LogP contribution in [0.25, 0.3) is 0 Å². The van der Waals surface area contributed by atoms with Crippen molar-refractivity contribution in [3.8, 4) is 0 Å². The molecule has 1 saturated carbocycles. The Bertz CT molecular complexity index is 378. The summed E-state index contributed by atoms with van der Waals surface area (Å²) >= 11 is 0. The average molecular weight is 262 g/mol. The Labute approximate surface area is 103 Å². The summed E-state index contributed by atoms with van der Waals surface area (Å²) < 4.78 is 24.3. The summed E-state index contributed by atoms with van der Waals surface area (Å²) in [6.07, 6.45) is 1.51. The van der Waals surface area contributed by atoms with Gasteiger partial charge in [0.05, 0.1) is 5.25 Å². The molecule has 100 valence electrons. The molecule has 1 aliphatic carbocycles. The first-order valence-electron chi connectivity index (χ1n) is 5.88. The summed E-state index contributed by atoms with van der Waals surface area (Å²) in [5.74, 6) is -0.643. The first kappa shape index (κ1) is 14.4. The smallest absolute Gasteiger partial charge is 0.237 e. The van der Waals surface area contributed by atoms with Crippen molar-refractivity contribution < 1.29 is 13.2 Å². The van der Waals surface area contributed by atoms with Crippen molar-refractivity contribution in [1.82, 2.24) is 10.2 Å². The van der Waals surface area contributed by atoms with E-state index < -0.39 is 9.84 Å². The summed E-state index contributed by atoms with van der Waals surface area (Å²) in [6.45, 7) is 1.94. The molecule has 1 aliphatic rings. The van der Waals surface area contributed by atoms with E-state index in [1.807, 2.05) is 14.0 Å². The molecule has 3 atom stereocenters. The Balaban J connectivity index is 2.76. The Morgan fingerprint density at radius 2 is 1.94 bits per heavy atom. The van der Waals surface area contributed by atoms with E-state index in [4.69, 9.17) is 0 Å². The van der Waals surface area contributed by atoms with Gasteiger partial charge in [-0.1, -0.05) is 6.92 Å². The molecular formula is C11H22N2O3S. The van der Waals surface area contributed by atoms with Crippen LogP contribution < -0.4 is 5.32 Å². The van der Waals surface area contributed by atoms with Crippen LogP contribution in [0.15, 0.2) is 0 Å². The summed E-state index contributed by atoms with van der Waals surface area (Å²) in [4.78, 5) is 12.8. The van der Waals surface area contributed by atoms with Gasteiger partial charge in [-0.3, -0.25) is 4.79 Å². The number of hydrogen-bond donors (Lipinski definition) is 1. The molecule has 5 nitrogen and oxygen atoms in total. The van der Waals surface area contributed by atoms with Crippen molar-refractivity contribution in [3.05, 3.63) is 0 Å². The summed E-state index contributed by atoms with van der Waals surface area (Å²) in [5.41, 5.74) is 0. The third kappa shape index (κ3) is 3.19. The quantitative estimate of drug-likeness (QED) is 0.767. The number of carbonyl (C=O) groups is 1. The van der Waals surface area contributed by atoms with Gasteiger partial charge in [-0.25, -0.2) is 8.42 Å². The number of rotatable bonds is 4. The molecule has 0 aromatic rings. The van der Waals surface area contributed by atoms with Gasteiger partial charge in [-0.05, 0) is 25.8 Å². The lowest BCUT2D eigenvalue weighted by Crippen LogP contribution is -2.38. The first-order chi connectivity index (χ1) is 7.79. The zero-order chi connectivity index (χ0) is 13.2. The van der Waals surface area contributed by atoms with Crippen LogP contribution in [0.3, 0.4) is 0 Å². The molecule has 0 aliphatic heterocycles. The van der Waals surface area contributed by atoms with Gasteiger partial charge < -0.3 is 10.2 Å². The number of amides is 1. The third-order valence-electron chi connectivity index (χ3n) is 3.64. The van der Waals surface area contributed by atoms with E-state index in [1.54, 1.807) is 14.1 Å². The number of nitrogens with one attached hydrogen (secondary N) is 1. The number of carbonyl (C=O) groups excluding carboxylic acids is 1. The van der Waals surface area contributed by atoms with E-state index in [1.165, 1.54) is 4.90 Å².